The number of nitrogens with zero attached hydrogens (tertiary/aromatic N) is 2. The fraction of sp³-hybridized carbons (Fsp3) is 0.118. The van der Waals surface area contributed by atoms with Crippen molar-refractivity contribution in [1.82, 2.24) is 5.32 Å². The maximum Gasteiger partial charge on any atom is 0.236 e. The number of hydrogen-bond acceptors (Lipinski definition) is 5. The number of ether oxygens (including phenoxy) is 1. The van der Waals surface area contributed by atoms with Crippen LogP contribution in [0.15, 0.2) is 58.7 Å². The minimum atomic E-state index is -0.268. The molecule has 0 spiro atoms. The molecular weight excluding hydrogens is 329 g/mol. The number of carbonyl (C=O) groups is 1. The van der Waals surface area contributed by atoms with Gasteiger partial charge in [-0.2, -0.15) is 5.10 Å². The maximum atomic E-state index is 12.9. The Morgan fingerprint density at radius 3 is 2.83 bits per heavy atom. The molecule has 2 aromatic carbocycles. The van der Waals surface area contributed by atoms with Crippen LogP contribution in [-0.2, 0) is 11.4 Å². The van der Waals surface area contributed by atoms with E-state index in [-0.39, 0.29) is 11.7 Å². The lowest BCUT2D eigenvalue weighted by Gasteiger charge is -2.06. The highest BCUT2D eigenvalue weighted by molar-refractivity contribution is 8.15. The zero-order chi connectivity index (χ0) is 16.8. The molecule has 3 rings (SSSR count). The standard InChI is InChI=1S/C17H14FN3O2S/c18-14-6-4-12(5-7-14)10-23-15-3-1-2-13(8-15)9-19-21-17-20-16(22)11-24-17/h1-9H,10-11H2,(H,20,21,22). The van der Waals surface area contributed by atoms with E-state index < -0.39 is 0 Å². The molecular formula is C17H14FN3O2S. The van der Waals surface area contributed by atoms with Crippen molar-refractivity contribution in [1.29, 1.82) is 0 Å². The predicted molar refractivity (Wildman–Crippen MR) is 92.8 cm³/mol. The van der Waals surface area contributed by atoms with Crippen LogP contribution < -0.4 is 10.1 Å². The van der Waals surface area contributed by atoms with Gasteiger partial charge >= 0.3 is 0 Å². The average molecular weight is 343 g/mol. The maximum absolute atomic E-state index is 12.9. The zero-order valence-electron chi connectivity index (χ0n) is 12.6. The number of amidine groups is 1. The normalized spacial score (nSPS) is 15.9. The topological polar surface area (TPSA) is 63.0 Å². The van der Waals surface area contributed by atoms with E-state index >= 15 is 0 Å². The molecule has 7 heteroatoms. The van der Waals surface area contributed by atoms with Gasteiger partial charge in [0.15, 0.2) is 5.17 Å². The van der Waals surface area contributed by atoms with Crippen LogP contribution in [0.25, 0.3) is 0 Å². The molecule has 5 nitrogen and oxygen atoms in total. The van der Waals surface area contributed by atoms with Gasteiger partial charge in [0.2, 0.25) is 5.91 Å². The highest BCUT2D eigenvalue weighted by Crippen LogP contribution is 2.15. The van der Waals surface area contributed by atoms with Crippen molar-refractivity contribution in [2.75, 3.05) is 5.75 Å². The lowest BCUT2D eigenvalue weighted by molar-refractivity contribution is -0.116. The smallest absolute Gasteiger partial charge is 0.236 e. The quantitative estimate of drug-likeness (QED) is 0.671. The molecule has 0 aromatic heterocycles. The van der Waals surface area contributed by atoms with E-state index in [1.54, 1.807) is 18.3 Å². The van der Waals surface area contributed by atoms with Crippen molar-refractivity contribution in [3.05, 3.63) is 65.5 Å². The van der Waals surface area contributed by atoms with Crippen LogP contribution in [0, 0.1) is 5.82 Å². The van der Waals surface area contributed by atoms with Gasteiger partial charge in [0.25, 0.3) is 0 Å². The molecule has 0 saturated carbocycles. The Labute approximate surface area is 142 Å². The summed E-state index contributed by atoms with van der Waals surface area (Å²) < 4.78 is 18.5. The molecule has 2 aromatic rings. The third kappa shape index (κ3) is 4.66. The molecule has 1 heterocycles. The predicted octanol–water partition coefficient (Wildman–Crippen LogP) is 2.96. The summed E-state index contributed by atoms with van der Waals surface area (Å²) >= 11 is 1.32. The van der Waals surface area contributed by atoms with Crippen LogP contribution in [0.3, 0.4) is 0 Å². The Bertz CT molecular complexity index is 791. The summed E-state index contributed by atoms with van der Waals surface area (Å²) in [5.41, 5.74) is 1.71. The van der Waals surface area contributed by atoms with E-state index in [0.717, 1.165) is 11.1 Å². The Morgan fingerprint density at radius 2 is 2.08 bits per heavy atom. The highest BCUT2D eigenvalue weighted by atomic mass is 32.2. The van der Waals surface area contributed by atoms with Crippen molar-refractivity contribution >= 4 is 29.1 Å². The number of amides is 1. The molecule has 0 aliphatic carbocycles. The average Bonchev–Trinajstić information content (AvgIpc) is 3.00. The summed E-state index contributed by atoms with van der Waals surface area (Å²) in [6.45, 7) is 0.353. The van der Waals surface area contributed by atoms with Gasteiger partial charge in [-0.3, -0.25) is 4.79 Å². The number of halogens is 1. The van der Waals surface area contributed by atoms with Crippen LogP contribution in [-0.4, -0.2) is 23.0 Å². The molecule has 1 aliphatic rings. The van der Waals surface area contributed by atoms with Gasteiger partial charge in [0.1, 0.15) is 18.2 Å². The summed E-state index contributed by atoms with van der Waals surface area (Å²) in [4.78, 5) is 11.0. The lowest BCUT2D eigenvalue weighted by Crippen LogP contribution is -2.19. The molecule has 24 heavy (non-hydrogen) atoms. The number of nitrogens with one attached hydrogen (secondary N) is 1. The number of hydrogen-bond donors (Lipinski definition) is 1. The van der Waals surface area contributed by atoms with Gasteiger partial charge in [-0.15, -0.1) is 5.10 Å². The van der Waals surface area contributed by atoms with Crippen LogP contribution in [0.1, 0.15) is 11.1 Å². The van der Waals surface area contributed by atoms with Gasteiger partial charge in [0, 0.05) is 0 Å². The molecule has 1 saturated heterocycles. The fourth-order valence-electron chi connectivity index (χ4n) is 1.96. The summed E-state index contributed by atoms with van der Waals surface area (Å²) in [7, 11) is 0. The number of rotatable bonds is 5. The minimum Gasteiger partial charge on any atom is -0.489 e. The van der Waals surface area contributed by atoms with Gasteiger partial charge in [0.05, 0.1) is 12.0 Å². The molecule has 1 fully saturated rings. The lowest BCUT2D eigenvalue weighted by atomic mass is 10.2. The molecule has 1 aliphatic heterocycles. The van der Waals surface area contributed by atoms with E-state index in [2.05, 4.69) is 15.5 Å². The molecule has 0 bridgehead atoms. The SMILES string of the molecule is O=C1CS/C(=N\N=Cc2cccc(OCc3ccc(F)cc3)c2)N1. The molecule has 1 amide bonds. The summed E-state index contributed by atoms with van der Waals surface area (Å²) in [6, 6.07) is 13.6. The van der Waals surface area contributed by atoms with Gasteiger partial charge in [-0.05, 0) is 35.4 Å². The van der Waals surface area contributed by atoms with Gasteiger partial charge < -0.3 is 10.1 Å². The summed E-state index contributed by atoms with van der Waals surface area (Å²) in [5.74, 6) is 0.723. The third-order valence-electron chi connectivity index (χ3n) is 3.12. The second-order valence-electron chi connectivity index (χ2n) is 4.97. The van der Waals surface area contributed by atoms with Crippen LogP contribution in [0.5, 0.6) is 5.75 Å². The van der Waals surface area contributed by atoms with Crippen LogP contribution in [0.2, 0.25) is 0 Å². The molecule has 0 radical (unpaired) electrons. The first-order chi connectivity index (χ1) is 11.7. The van der Waals surface area contributed by atoms with Crippen molar-refractivity contribution < 1.29 is 13.9 Å². The van der Waals surface area contributed by atoms with Crippen LogP contribution in [0.4, 0.5) is 4.39 Å². The van der Waals surface area contributed by atoms with Crippen molar-refractivity contribution in [3.8, 4) is 5.75 Å². The second-order valence-corrected chi connectivity index (χ2v) is 5.94. The number of carbonyl (C=O) groups excluding carboxylic acids is 1. The summed E-state index contributed by atoms with van der Waals surface area (Å²) in [6.07, 6.45) is 1.59. The van der Waals surface area contributed by atoms with E-state index in [4.69, 9.17) is 4.74 Å². The van der Waals surface area contributed by atoms with Crippen molar-refractivity contribution in [2.45, 2.75) is 6.61 Å². The van der Waals surface area contributed by atoms with E-state index in [1.807, 2.05) is 24.3 Å². The monoisotopic (exact) mass is 343 g/mol. The Balaban J connectivity index is 1.59. The Kier molecular flexibility index (Phi) is 5.22. The Morgan fingerprint density at radius 1 is 1.25 bits per heavy atom. The number of benzene rings is 2. The minimum absolute atomic E-state index is 0.0647. The third-order valence-corrected chi connectivity index (χ3v) is 3.98. The van der Waals surface area contributed by atoms with E-state index in [9.17, 15) is 9.18 Å². The van der Waals surface area contributed by atoms with Gasteiger partial charge in [-0.25, -0.2) is 4.39 Å². The molecule has 122 valence electrons. The van der Waals surface area contributed by atoms with Crippen molar-refractivity contribution in [2.24, 2.45) is 10.2 Å². The largest absolute Gasteiger partial charge is 0.489 e. The second kappa shape index (κ2) is 7.74. The first kappa shape index (κ1) is 16.2. The molecule has 1 N–H and O–H groups in total. The Hall–Kier alpha value is -2.67. The van der Waals surface area contributed by atoms with E-state index in [0.29, 0.717) is 23.3 Å². The van der Waals surface area contributed by atoms with Crippen LogP contribution >= 0.6 is 11.8 Å². The summed E-state index contributed by atoms with van der Waals surface area (Å²) in [5, 5.41) is 11.0. The highest BCUT2D eigenvalue weighted by Gasteiger charge is 2.15. The van der Waals surface area contributed by atoms with E-state index in [1.165, 1.54) is 23.9 Å². The molecule has 0 atom stereocenters. The first-order valence-corrected chi connectivity index (χ1v) is 8.18. The van der Waals surface area contributed by atoms with Crippen molar-refractivity contribution in [3.63, 3.8) is 0 Å². The molecule has 0 unspecified atom stereocenters. The first-order valence-electron chi connectivity index (χ1n) is 7.20. The number of thioether (sulfide) groups is 1. The zero-order valence-corrected chi connectivity index (χ0v) is 13.4. The fourth-order valence-corrected chi connectivity index (χ4v) is 2.59. The van der Waals surface area contributed by atoms with Gasteiger partial charge in [-0.1, -0.05) is 36.0 Å².